The lowest BCUT2D eigenvalue weighted by molar-refractivity contribution is -0.137. The smallest absolute Gasteiger partial charge is 0.344 e. The first-order valence-corrected chi connectivity index (χ1v) is 9.56. The lowest BCUT2D eigenvalue weighted by Gasteiger charge is -2.15. The largest absolute Gasteiger partial charge is 0.416 e. The normalized spacial score (nSPS) is 12.5. The maximum atomic E-state index is 12.7. The van der Waals surface area contributed by atoms with Crippen molar-refractivity contribution < 1.29 is 18.0 Å². The summed E-state index contributed by atoms with van der Waals surface area (Å²) < 4.78 is 39.6. The lowest BCUT2D eigenvalue weighted by atomic mass is 10.1. The van der Waals surface area contributed by atoms with Crippen LogP contribution in [0.25, 0.3) is 11.0 Å². The van der Waals surface area contributed by atoms with E-state index >= 15 is 0 Å². The Morgan fingerprint density at radius 1 is 1.03 bits per heavy atom. The Morgan fingerprint density at radius 3 is 2.44 bits per heavy atom. The number of amides is 1. The van der Waals surface area contributed by atoms with Gasteiger partial charge in [-0.15, -0.1) is 0 Å². The topological polar surface area (TPSA) is 97.6 Å². The maximum Gasteiger partial charge on any atom is 0.416 e. The van der Waals surface area contributed by atoms with Crippen LogP contribution >= 0.6 is 0 Å². The predicted octanol–water partition coefficient (Wildman–Crippen LogP) is 4.01. The quantitative estimate of drug-likeness (QED) is 0.486. The molecule has 3 heterocycles. The van der Waals surface area contributed by atoms with Crippen molar-refractivity contribution in [1.82, 2.24) is 30.0 Å². The third-order valence-corrected chi connectivity index (χ3v) is 4.86. The molecule has 2 N–H and O–H groups in total. The molecule has 0 saturated carbocycles. The predicted molar refractivity (Wildman–Crippen MR) is 111 cm³/mol. The van der Waals surface area contributed by atoms with Crippen LogP contribution in [0.2, 0.25) is 0 Å². The van der Waals surface area contributed by atoms with Crippen LogP contribution in [0.1, 0.15) is 34.6 Å². The standard InChI is InChI=1S/C21H18F3N7O/c1-12(29-20(32)18-16-10-28-31(2)19(16)27-11-26-18)13-3-8-17(25-9-13)30-15-6-4-14(5-7-15)21(22,23)24/h3-12H,1-2H3,(H,25,30)(H,29,32). The number of hydrogen-bond acceptors (Lipinski definition) is 6. The summed E-state index contributed by atoms with van der Waals surface area (Å²) in [6, 6.07) is 7.76. The van der Waals surface area contributed by atoms with Crippen molar-refractivity contribution in [3.05, 3.63) is 71.9 Å². The molecule has 0 fully saturated rings. The van der Waals surface area contributed by atoms with Crippen LogP contribution in [-0.2, 0) is 13.2 Å². The molecule has 164 valence electrons. The van der Waals surface area contributed by atoms with E-state index in [1.807, 2.05) is 0 Å². The van der Waals surface area contributed by atoms with E-state index in [9.17, 15) is 18.0 Å². The van der Waals surface area contributed by atoms with Crippen LogP contribution in [0.15, 0.2) is 55.1 Å². The van der Waals surface area contributed by atoms with E-state index in [0.717, 1.165) is 17.7 Å². The van der Waals surface area contributed by atoms with E-state index in [0.29, 0.717) is 22.5 Å². The zero-order chi connectivity index (χ0) is 22.9. The first-order valence-electron chi connectivity index (χ1n) is 9.56. The van der Waals surface area contributed by atoms with Crippen LogP contribution in [0.4, 0.5) is 24.7 Å². The van der Waals surface area contributed by atoms with Gasteiger partial charge in [-0.1, -0.05) is 6.07 Å². The van der Waals surface area contributed by atoms with Crippen molar-refractivity contribution >= 4 is 28.4 Å². The van der Waals surface area contributed by atoms with Crippen LogP contribution in [0.5, 0.6) is 0 Å². The number of hydrogen-bond donors (Lipinski definition) is 2. The fourth-order valence-electron chi connectivity index (χ4n) is 3.12. The molecule has 1 unspecified atom stereocenters. The number of nitrogens with one attached hydrogen (secondary N) is 2. The second kappa shape index (κ2) is 8.25. The van der Waals surface area contributed by atoms with Gasteiger partial charge in [-0.05, 0) is 42.8 Å². The number of halogens is 3. The molecular weight excluding hydrogens is 423 g/mol. The fraction of sp³-hybridized carbons (Fsp3) is 0.190. The van der Waals surface area contributed by atoms with Crippen molar-refractivity contribution in [2.45, 2.75) is 19.1 Å². The third kappa shape index (κ3) is 4.36. The molecule has 11 heteroatoms. The molecule has 4 aromatic rings. The number of pyridine rings is 1. The highest BCUT2D eigenvalue weighted by molar-refractivity contribution is 6.03. The van der Waals surface area contributed by atoms with Gasteiger partial charge in [-0.25, -0.2) is 15.0 Å². The van der Waals surface area contributed by atoms with Crippen molar-refractivity contribution in [2.24, 2.45) is 7.05 Å². The molecule has 1 aromatic carbocycles. The molecule has 0 saturated heterocycles. The Morgan fingerprint density at radius 2 is 1.78 bits per heavy atom. The van der Waals surface area contributed by atoms with E-state index in [1.165, 1.54) is 24.7 Å². The number of benzene rings is 1. The second-order valence-electron chi connectivity index (χ2n) is 7.10. The summed E-state index contributed by atoms with van der Waals surface area (Å²) in [4.78, 5) is 25.2. The Kier molecular flexibility index (Phi) is 5.47. The number of carbonyl (C=O) groups excluding carboxylic acids is 1. The molecule has 0 spiro atoms. The van der Waals surface area contributed by atoms with Crippen LogP contribution in [0.3, 0.4) is 0 Å². The van der Waals surface area contributed by atoms with Gasteiger partial charge in [-0.2, -0.15) is 18.3 Å². The highest BCUT2D eigenvalue weighted by Crippen LogP contribution is 2.30. The molecule has 32 heavy (non-hydrogen) atoms. The zero-order valence-electron chi connectivity index (χ0n) is 17.1. The molecule has 1 atom stereocenters. The molecule has 0 aliphatic rings. The summed E-state index contributed by atoms with van der Waals surface area (Å²) in [5, 5.41) is 10.5. The van der Waals surface area contributed by atoms with Crippen LogP contribution < -0.4 is 10.6 Å². The Bertz CT molecular complexity index is 1250. The Balaban J connectivity index is 1.42. The lowest BCUT2D eigenvalue weighted by Crippen LogP contribution is -2.27. The fourth-order valence-corrected chi connectivity index (χ4v) is 3.12. The minimum Gasteiger partial charge on any atom is -0.344 e. The molecule has 0 radical (unpaired) electrons. The molecule has 1 amide bonds. The van der Waals surface area contributed by atoms with E-state index in [-0.39, 0.29) is 17.6 Å². The summed E-state index contributed by atoms with van der Waals surface area (Å²) in [5.74, 6) is 0.0877. The molecule has 0 aliphatic carbocycles. The van der Waals surface area contributed by atoms with Gasteiger partial charge in [0.1, 0.15) is 17.8 Å². The first kappa shape index (κ1) is 21.2. The van der Waals surface area contributed by atoms with Gasteiger partial charge in [0.2, 0.25) is 0 Å². The van der Waals surface area contributed by atoms with Gasteiger partial charge in [0, 0.05) is 18.9 Å². The van der Waals surface area contributed by atoms with Gasteiger partial charge in [-0.3, -0.25) is 9.48 Å². The zero-order valence-corrected chi connectivity index (χ0v) is 17.1. The number of anilines is 2. The highest BCUT2D eigenvalue weighted by atomic mass is 19.4. The van der Waals surface area contributed by atoms with E-state index < -0.39 is 11.7 Å². The van der Waals surface area contributed by atoms with Crippen LogP contribution in [0, 0.1) is 0 Å². The van der Waals surface area contributed by atoms with Crippen LogP contribution in [-0.4, -0.2) is 30.6 Å². The second-order valence-corrected chi connectivity index (χ2v) is 7.10. The number of nitrogens with zero attached hydrogens (tertiary/aromatic N) is 5. The number of fused-ring (bicyclic) bond motifs is 1. The summed E-state index contributed by atoms with van der Waals surface area (Å²) in [6.07, 6.45) is 0.0512. The number of rotatable bonds is 5. The summed E-state index contributed by atoms with van der Waals surface area (Å²) in [5.41, 5.74) is 1.28. The van der Waals surface area contributed by atoms with Gasteiger partial charge < -0.3 is 10.6 Å². The molecule has 3 aromatic heterocycles. The summed E-state index contributed by atoms with van der Waals surface area (Å²) in [6.45, 7) is 1.81. The van der Waals surface area contributed by atoms with Gasteiger partial charge in [0.05, 0.1) is 23.2 Å². The molecular formula is C21H18F3N7O. The molecule has 4 rings (SSSR count). The molecule has 0 bridgehead atoms. The first-order chi connectivity index (χ1) is 15.2. The number of aryl methyl sites for hydroxylation is 1. The Labute approximate surface area is 180 Å². The van der Waals surface area contributed by atoms with Gasteiger partial charge in [0.15, 0.2) is 5.65 Å². The average Bonchev–Trinajstić information content (AvgIpc) is 3.15. The monoisotopic (exact) mass is 441 g/mol. The Hall–Kier alpha value is -4.02. The van der Waals surface area contributed by atoms with Crippen molar-refractivity contribution in [3.8, 4) is 0 Å². The number of aromatic nitrogens is 5. The summed E-state index contributed by atoms with van der Waals surface area (Å²) >= 11 is 0. The third-order valence-electron chi connectivity index (χ3n) is 4.86. The van der Waals surface area contributed by atoms with Crippen molar-refractivity contribution in [3.63, 3.8) is 0 Å². The van der Waals surface area contributed by atoms with E-state index in [2.05, 4.69) is 30.7 Å². The van der Waals surface area contributed by atoms with E-state index in [4.69, 9.17) is 0 Å². The number of carbonyl (C=O) groups is 1. The van der Waals surface area contributed by atoms with E-state index in [1.54, 1.807) is 37.0 Å². The van der Waals surface area contributed by atoms with Gasteiger partial charge >= 0.3 is 6.18 Å². The molecule has 8 nitrogen and oxygen atoms in total. The van der Waals surface area contributed by atoms with Gasteiger partial charge in [0.25, 0.3) is 5.91 Å². The van der Waals surface area contributed by atoms with Crippen molar-refractivity contribution in [2.75, 3.05) is 5.32 Å². The molecule has 0 aliphatic heterocycles. The SMILES string of the molecule is CC(NC(=O)c1ncnc2c1cnn2C)c1ccc(Nc2ccc(C(F)(F)F)cc2)nc1. The minimum atomic E-state index is -4.38. The maximum absolute atomic E-state index is 12.7. The van der Waals surface area contributed by atoms with Crippen molar-refractivity contribution in [1.29, 1.82) is 0 Å². The summed E-state index contributed by atoms with van der Waals surface area (Å²) in [7, 11) is 1.73. The highest BCUT2D eigenvalue weighted by Gasteiger charge is 2.29. The average molecular weight is 441 g/mol. The number of alkyl halides is 3. The minimum absolute atomic E-state index is 0.225.